The molecule has 0 fully saturated rings. The van der Waals surface area contributed by atoms with Crippen molar-refractivity contribution in [3.8, 4) is 0 Å². The SMILES string of the molecule is O=C(N/N=C\c1ccccc1[N+](=O)[O-])c1cc2cc([N+](=O)[O-])ccc2s1. The van der Waals surface area contributed by atoms with E-state index >= 15 is 0 Å². The van der Waals surface area contributed by atoms with Gasteiger partial charge in [-0.25, -0.2) is 5.43 Å². The van der Waals surface area contributed by atoms with Crippen LogP contribution >= 0.6 is 11.3 Å². The number of nitro benzene ring substituents is 2. The molecule has 130 valence electrons. The molecule has 0 unspecified atom stereocenters. The monoisotopic (exact) mass is 370 g/mol. The van der Waals surface area contributed by atoms with Crippen molar-refractivity contribution in [2.24, 2.45) is 5.10 Å². The minimum atomic E-state index is -0.540. The number of non-ortho nitro benzene ring substituents is 1. The molecule has 10 heteroatoms. The third-order valence-electron chi connectivity index (χ3n) is 3.44. The van der Waals surface area contributed by atoms with Crippen LogP contribution in [0.15, 0.2) is 53.6 Å². The van der Waals surface area contributed by atoms with Gasteiger partial charge in [0.05, 0.1) is 26.5 Å². The number of hydrogen-bond acceptors (Lipinski definition) is 7. The molecule has 9 nitrogen and oxygen atoms in total. The minimum absolute atomic E-state index is 0.0586. The van der Waals surface area contributed by atoms with E-state index in [1.54, 1.807) is 12.1 Å². The number of hydrogen-bond donors (Lipinski definition) is 1. The van der Waals surface area contributed by atoms with Crippen LogP contribution in [0.4, 0.5) is 11.4 Å². The fraction of sp³-hybridized carbons (Fsp3) is 0. The maximum Gasteiger partial charge on any atom is 0.281 e. The van der Waals surface area contributed by atoms with Crippen LogP contribution in [0.5, 0.6) is 0 Å². The fourth-order valence-electron chi connectivity index (χ4n) is 2.23. The van der Waals surface area contributed by atoms with Crippen LogP contribution in [0.3, 0.4) is 0 Å². The normalized spacial score (nSPS) is 10.9. The summed E-state index contributed by atoms with van der Waals surface area (Å²) in [6, 6.07) is 11.9. The van der Waals surface area contributed by atoms with Crippen molar-refractivity contribution in [1.29, 1.82) is 0 Å². The van der Waals surface area contributed by atoms with E-state index in [0.717, 1.165) is 16.0 Å². The van der Waals surface area contributed by atoms with Crippen molar-refractivity contribution >= 4 is 44.9 Å². The Morgan fingerprint density at radius 3 is 2.58 bits per heavy atom. The van der Waals surface area contributed by atoms with Crippen molar-refractivity contribution in [2.75, 3.05) is 0 Å². The summed E-state index contributed by atoms with van der Waals surface area (Å²) in [6.07, 6.45) is 1.19. The van der Waals surface area contributed by atoms with Gasteiger partial charge in [0.1, 0.15) is 0 Å². The van der Waals surface area contributed by atoms with Gasteiger partial charge < -0.3 is 0 Å². The first-order valence-corrected chi connectivity index (χ1v) is 8.02. The van der Waals surface area contributed by atoms with Crippen molar-refractivity contribution in [2.45, 2.75) is 0 Å². The number of amides is 1. The lowest BCUT2D eigenvalue weighted by molar-refractivity contribution is -0.385. The molecule has 0 bridgehead atoms. The van der Waals surface area contributed by atoms with E-state index in [2.05, 4.69) is 10.5 Å². The molecular formula is C16H10N4O5S. The van der Waals surface area contributed by atoms with Crippen molar-refractivity contribution in [3.05, 3.63) is 79.2 Å². The molecule has 0 radical (unpaired) electrons. The summed E-state index contributed by atoms with van der Waals surface area (Å²) in [6.45, 7) is 0. The van der Waals surface area contributed by atoms with Crippen LogP contribution in [-0.4, -0.2) is 22.0 Å². The van der Waals surface area contributed by atoms with Crippen LogP contribution in [0.1, 0.15) is 15.2 Å². The standard InChI is InChI=1S/C16H10N4O5S/c21-16(18-17-9-10-3-1-2-4-13(10)20(24)25)15-8-11-7-12(19(22)23)5-6-14(11)26-15/h1-9H,(H,18,21)/b17-9-. The second-order valence-corrected chi connectivity index (χ2v) is 6.19. The van der Waals surface area contributed by atoms with Crippen LogP contribution in [0, 0.1) is 20.2 Å². The van der Waals surface area contributed by atoms with E-state index in [4.69, 9.17) is 0 Å². The van der Waals surface area contributed by atoms with Crippen LogP contribution < -0.4 is 5.43 Å². The Morgan fingerprint density at radius 2 is 1.85 bits per heavy atom. The number of nitrogens with zero attached hydrogens (tertiary/aromatic N) is 3. The average molecular weight is 370 g/mol. The van der Waals surface area contributed by atoms with Gasteiger partial charge in [0.2, 0.25) is 0 Å². The number of para-hydroxylation sites is 1. The van der Waals surface area contributed by atoms with Gasteiger partial charge in [-0.3, -0.25) is 25.0 Å². The molecule has 0 atom stereocenters. The van der Waals surface area contributed by atoms with Gasteiger partial charge in [-0.15, -0.1) is 11.3 Å². The van der Waals surface area contributed by atoms with Gasteiger partial charge in [-0.05, 0) is 18.2 Å². The van der Waals surface area contributed by atoms with Gasteiger partial charge in [0.15, 0.2) is 0 Å². The van der Waals surface area contributed by atoms with Crippen LogP contribution in [0.2, 0.25) is 0 Å². The third-order valence-corrected chi connectivity index (χ3v) is 4.55. The highest BCUT2D eigenvalue weighted by atomic mass is 32.1. The van der Waals surface area contributed by atoms with Crippen molar-refractivity contribution < 1.29 is 14.6 Å². The number of hydrazone groups is 1. The summed E-state index contributed by atoms with van der Waals surface area (Å²) in [5, 5.41) is 26.1. The van der Waals surface area contributed by atoms with Crippen LogP contribution in [-0.2, 0) is 0 Å². The minimum Gasteiger partial charge on any atom is -0.266 e. The number of fused-ring (bicyclic) bond motifs is 1. The Bertz CT molecular complexity index is 1060. The second-order valence-electron chi connectivity index (χ2n) is 5.10. The van der Waals surface area contributed by atoms with Gasteiger partial charge in [-0.2, -0.15) is 5.10 Å². The highest BCUT2D eigenvalue weighted by Crippen LogP contribution is 2.28. The lowest BCUT2D eigenvalue weighted by Gasteiger charge is -1.97. The zero-order valence-corrected chi connectivity index (χ0v) is 13.8. The summed E-state index contributed by atoms with van der Waals surface area (Å²) >= 11 is 1.16. The number of rotatable bonds is 5. The smallest absolute Gasteiger partial charge is 0.266 e. The van der Waals surface area contributed by atoms with E-state index in [-0.39, 0.29) is 16.9 Å². The number of thiophene rings is 1. The van der Waals surface area contributed by atoms with Crippen molar-refractivity contribution in [1.82, 2.24) is 5.43 Å². The zero-order valence-electron chi connectivity index (χ0n) is 13.0. The molecule has 2 aromatic carbocycles. The molecule has 3 rings (SSSR count). The lowest BCUT2D eigenvalue weighted by atomic mass is 10.2. The molecule has 1 amide bonds. The van der Waals surface area contributed by atoms with Gasteiger partial charge in [0.25, 0.3) is 17.3 Å². The molecule has 0 aliphatic heterocycles. The maximum absolute atomic E-state index is 12.2. The molecule has 1 N–H and O–H groups in total. The Kier molecular flexibility index (Phi) is 4.67. The number of nitrogens with one attached hydrogen (secondary N) is 1. The van der Waals surface area contributed by atoms with E-state index in [1.165, 1.54) is 42.6 Å². The highest BCUT2D eigenvalue weighted by molar-refractivity contribution is 7.20. The molecule has 0 aliphatic rings. The van der Waals surface area contributed by atoms with Crippen molar-refractivity contribution in [3.63, 3.8) is 0 Å². The Balaban J connectivity index is 1.77. The summed E-state index contributed by atoms with van der Waals surface area (Å²) in [5.74, 6) is -0.510. The zero-order chi connectivity index (χ0) is 18.7. The fourth-order valence-corrected chi connectivity index (χ4v) is 3.17. The van der Waals surface area contributed by atoms with Crippen LogP contribution in [0.25, 0.3) is 10.1 Å². The average Bonchev–Trinajstić information content (AvgIpc) is 3.05. The maximum atomic E-state index is 12.2. The second kappa shape index (κ2) is 7.07. The Hall–Kier alpha value is -3.66. The highest BCUT2D eigenvalue weighted by Gasteiger charge is 2.13. The number of benzene rings is 2. The lowest BCUT2D eigenvalue weighted by Crippen LogP contribution is -2.16. The van der Waals surface area contributed by atoms with Gasteiger partial charge >= 0.3 is 0 Å². The summed E-state index contributed by atoms with van der Waals surface area (Å²) < 4.78 is 0.725. The Labute approximate surface area is 149 Å². The van der Waals surface area contributed by atoms with E-state index < -0.39 is 15.8 Å². The molecule has 3 aromatic rings. The first-order valence-electron chi connectivity index (χ1n) is 7.20. The molecule has 1 heterocycles. The summed E-state index contributed by atoms with van der Waals surface area (Å²) in [7, 11) is 0. The first kappa shape index (κ1) is 17.2. The molecule has 0 aliphatic carbocycles. The quantitative estimate of drug-likeness (QED) is 0.418. The number of nitro groups is 2. The third kappa shape index (κ3) is 3.54. The molecule has 0 saturated heterocycles. The van der Waals surface area contributed by atoms with E-state index in [1.807, 2.05) is 0 Å². The van der Waals surface area contributed by atoms with Gasteiger partial charge in [0, 0.05) is 28.3 Å². The Morgan fingerprint density at radius 1 is 1.08 bits per heavy atom. The predicted octanol–water partition coefficient (Wildman–Crippen LogP) is 3.48. The molecular weight excluding hydrogens is 360 g/mol. The van der Waals surface area contributed by atoms with Gasteiger partial charge in [-0.1, -0.05) is 12.1 Å². The molecule has 1 aromatic heterocycles. The molecule has 0 saturated carbocycles. The first-order chi connectivity index (χ1) is 12.5. The molecule has 0 spiro atoms. The number of carbonyl (C=O) groups excluding carboxylic acids is 1. The summed E-state index contributed by atoms with van der Waals surface area (Å²) in [5.41, 5.74) is 2.37. The topological polar surface area (TPSA) is 128 Å². The van der Waals surface area contributed by atoms with E-state index in [0.29, 0.717) is 10.3 Å². The number of carbonyl (C=O) groups is 1. The predicted molar refractivity (Wildman–Crippen MR) is 96.6 cm³/mol. The summed E-state index contributed by atoms with van der Waals surface area (Å²) in [4.78, 5) is 33.2. The largest absolute Gasteiger partial charge is 0.281 e. The van der Waals surface area contributed by atoms with E-state index in [9.17, 15) is 25.0 Å². The molecule has 26 heavy (non-hydrogen) atoms.